The van der Waals surface area contributed by atoms with Gasteiger partial charge in [0.2, 0.25) is 5.91 Å². The Morgan fingerprint density at radius 2 is 2.10 bits per heavy atom. The maximum Gasteiger partial charge on any atom is 0.255 e. The molecule has 1 atom stereocenters. The van der Waals surface area contributed by atoms with Gasteiger partial charge in [0.05, 0.1) is 36.4 Å². The molecular weight excluding hydrogens is 372 g/mol. The van der Waals surface area contributed by atoms with Gasteiger partial charge in [0.15, 0.2) is 0 Å². The molecule has 1 aromatic heterocycles. The average Bonchev–Trinajstić information content (AvgIpc) is 3.09. The van der Waals surface area contributed by atoms with Crippen LogP contribution in [0.25, 0.3) is 11.0 Å². The molecule has 3 aromatic rings. The summed E-state index contributed by atoms with van der Waals surface area (Å²) in [6.45, 7) is 2.73. The molecule has 4 rings (SSSR count). The Hall–Kier alpha value is -3.39. The number of anilines is 1. The molecule has 0 saturated heterocycles. The molecule has 0 aliphatic carbocycles. The van der Waals surface area contributed by atoms with E-state index in [2.05, 4.69) is 20.2 Å². The molecule has 0 bridgehead atoms. The van der Waals surface area contributed by atoms with Crippen LogP contribution in [0.2, 0.25) is 0 Å². The summed E-state index contributed by atoms with van der Waals surface area (Å²) < 4.78 is 13.1. The van der Waals surface area contributed by atoms with Crippen LogP contribution in [0.15, 0.2) is 42.5 Å². The van der Waals surface area contributed by atoms with E-state index >= 15 is 0 Å². The van der Waals surface area contributed by atoms with E-state index in [1.54, 1.807) is 25.3 Å². The summed E-state index contributed by atoms with van der Waals surface area (Å²) in [7, 11) is 1.54. The lowest BCUT2D eigenvalue weighted by Gasteiger charge is -2.26. The van der Waals surface area contributed by atoms with Crippen LogP contribution in [-0.2, 0) is 16.1 Å². The first-order chi connectivity index (χ1) is 14.1. The Kier molecular flexibility index (Phi) is 5.18. The smallest absolute Gasteiger partial charge is 0.255 e. The van der Waals surface area contributed by atoms with Gasteiger partial charge < -0.3 is 24.7 Å². The van der Waals surface area contributed by atoms with Crippen molar-refractivity contribution in [1.29, 1.82) is 0 Å². The van der Waals surface area contributed by atoms with E-state index in [1.807, 2.05) is 24.3 Å². The molecule has 0 saturated carbocycles. The minimum atomic E-state index is -0.202. The van der Waals surface area contributed by atoms with Crippen molar-refractivity contribution in [3.8, 4) is 5.75 Å². The van der Waals surface area contributed by atoms with E-state index in [-0.39, 0.29) is 17.9 Å². The summed E-state index contributed by atoms with van der Waals surface area (Å²) in [5, 5.41) is 5.74. The molecule has 1 aliphatic heterocycles. The monoisotopic (exact) mass is 394 g/mol. The molecule has 1 unspecified atom stereocenters. The lowest BCUT2D eigenvalue weighted by atomic mass is 10.1. The summed E-state index contributed by atoms with van der Waals surface area (Å²) in [4.78, 5) is 28.6. The fourth-order valence-electron chi connectivity index (χ4n) is 3.59. The van der Waals surface area contributed by atoms with Crippen LogP contribution in [-0.4, -0.2) is 41.6 Å². The number of nitrogens with zero attached hydrogens (tertiary/aromatic N) is 2. The highest BCUT2D eigenvalue weighted by atomic mass is 16.5. The number of nitrogens with one attached hydrogen (secondary N) is 2. The molecule has 2 heterocycles. The second-order valence-corrected chi connectivity index (χ2v) is 6.86. The molecule has 29 heavy (non-hydrogen) atoms. The van der Waals surface area contributed by atoms with Gasteiger partial charge in [0.1, 0.15) is 18.2 Å². The summed E-state index contributed by atoms with van der Waals surface area (Å²) in [6.07, 6.45) is 0. The van der Waals surface area contributed by atoms with Crippen molar-refractivity contribution in [2.75, 3.05) is 25.6 Å². The number of carbonyl (C=O) groups excluding carboxylic acids is 2. The minimum Gasteiger partial charge on any atom is -0.496 e. The Labute approximate surface area is 167 Å². The van der Waals surface area contributed by atoms with Gasteiger partial charge in [0, 0.05) is 19.2 Å². The quantitative estimate of drug-likeness (QED) is 0.693. The van der Waals surface area contributed by atoms with Crippen LogP contribution in [0, 0.1) is 0 Å². The molecule has 8 heteroatoms. The number of methoxy groups -OCH3 is 1. The Balaban J connectivity index is 1.56. The maximum atomic E-state index is 12.6. The zero-order valence-corrected chi connectivity index (χ0v) is 16.3. The van der Waals surface area contributed by atoms with E-state index in [9.17, 15) is 9.59 Å². The van der Waals surface area contributed by atoms with E-state index in [1.165, 1.54) is 6.92 Å². The molecule has 150 valence electrons. The number of aromatic nitrogens is 2. The Bertz CT molecular complexity index is 1080. The number of benzene rings is 2. The standard InChI is InChI=1S/C21H22N4O4/c1-13(26)23-14-7-8-18-17(9-14)24-20-12-29-11-15(25(18)20)10-22-21(27)16-5-3-4-6-19(16)28-2/h3-9,15H,10-12H2,1-2H3,(H,22,27)(H,23,26). The van der Waals surface area contributed by atoms with Gasteiger partial charge in [-0.05, 0) is 30.3 Å². The molecule has 0 spiro atoms. The predicted octanol–water partition coefficient (Wildman–Crippen LogP) is 2.50. The maximum absolute atomic E-state index is 12.6. The zero-order valence-electron chi connectivity index (χ0n) is 16.3. The number of para-hydroxylation sites is 1. The minimum absolute atomic E-state index is 0.0889. The van der Waals surface area contributed by atoms with Crippen molar-refractivity contribution < 1.29 is 19.1 Å². The number of imidazole rings is 1. The first-order valence-electron chi connectivity index (χ1n) is 9.34. The third-order valence-electron chi connectivity index (χ3n) is 4.84. The second-order valence-electron chi connectivity index (χ2n) is 6.86. The fraction of sp³-hybridized carbons (Fsp3) is 0.286. The molecule has 2 aromatic carbocycles. The number of hydrogen-bond acceptors (Lipinski definition) is 5. The van der Waals surface area contributed by atoms with Crippen LogP contribution in [0.5, 0.6) is 5.75 Å². The number of hydrogen-bond donors (Lipinski definition) is 2. The van der Waals surface area contributed by atoms with Gasteiger partial charge in [-0.3, -0.25) is 9.59 Å². The highest BCUT2D eigenvalue weighted by Gasteiger charge is 2.25. The van der Waals surface area contributed by atoms with Crippen LogP contribution in [0.3, 0.4) is 0 Å². The van der Waals surface area contributed by atoms with Crippen LogP contribution in [0.1, 0.15) is 29.1 Å². The van der Waals surface area contributed by atoms with Crippen LogP contribution >= 0.6 is 0 Å². The number of carbonyl (C=O) groups is 2. The number of fused-ring (bicyclic) bond motifs is 3. The Morgan fingerprint density at radius 3 is 2.90 bits per heavy atom. The number of ether oxygens (including phenoxy) is 2. The largest absolute Gasteiger partial charge is 0.496 e. The van der Waals surface area contributed by atoms with Crippen molar-refractivity contribution in [3.05, 3.63) is 53.9 Å². The van der Waals surface area contributed by atoms with Gasteiger partial charge in [-0.25, -0.2) is 4.98 Å². The topological polar surface area (TPSA) is 94.5 Å². The lowest BCUT2D eigenvalue weighted by Crippen LogP contribution is -2.35. The van der Waals surface area contributed by atoms with E-state index in [0.29, 0.717) is 36.8 Å². The SMILES string of the molecule is COc1ccccc1C(=O)NCC1COCc2nc3cc(NC(C)=O)ccc3n21. The summed E-state index contributed by atoms with van der Waals surface area (Å²) >= 11 is 0. The van der Waals surface area contributed by atoms with Crippen molar-refractivity contribution in [3.63, 3.8) is 0 Å². The second kappa shape index (κ2) is 7.92. The molecule has 0 radical (unpaired) electrons. The van der Waals surface area contributed by atoms with Crippen molar-refractivity contribution in [2.24, 2.45) is 0 Å². The van der Waals surface area contributed by atoms with Crippen molar-refractivity contribution in [2.45, 2.75) is 19.6 Å². The van der Waals surface area contributed by atoms with Gasteiger partial charge in [-0.1, -0.05) is 12.1 Å². The van der Waals surface area contributed by atoms with Gasteiger partial charge in [0.25, 0.3) is 5.91 Å². The first kappa shape index (κ1) is 18.9. The molecular formula is C21H22N4O4. The highest BCUT2D eigenvalue weighted by molar-refractivity contribution is 5.97. The van der Waals surface area contributed by atoms with Crippen molar-refractivity contribution >= 4 is 28.5 Å². The molecule has 2 amide bonds. The first-order valence-corrected chi connectivity index (χ1v) is 9.34. The molecule has 8 nitrogen and oxygen atoms in total. The molecule has 1 aliphatic rings. The number of rotatable bonds is 5. The van der Waals surface area contributed by atoms with Gasteiger partial charge >= 0.3 is 0 Å². The summed E-state index contributed by atoms with van der Waals surface area (Å²) in [5.41, 5.74) is 2.90. The van der Waals surface area contributed by atoms with Gasteiger partial charge in [-0.2, -0.15) is 0 Å². The summed E-state index contributed by atoms with van der Waals surface area (Å²) in [5.74, 6) is 0.993. The summed E-state index contributed by atoms with van der Waals surface area (Å²) in [6, 6.07) is 12.6. The lowest BCUT2D eigenvalue weighted by molar-refractivity contribution is -0.114. The molecule has 0 fully saturated rings. The third-order valence-corrected chi connectivity index (χ3v) is 4.84. The zero-order chi connectivity index (χ0) is 20.4. The van der Waals surface area contributed by atoms with E-state index in [0.717, 1.165) is 16.9 Å². The van der Waals surface area contributed by atoms with Gasteiger partial charge in [-0.15, -0.1) is 0 Å². The van der Waals surface area contributed by atoms with E-state index < -0.39 is 0 Å². The van der Waals surface area contributed by atoms with Crippen LogP contribution < -0.4 is 15.4 Å². The number of amides is 2. The Morgan fingerprint density at radius 1 is 1.28 bits per heavy atom. The van der Waals surface area contributed by atoms with E-state index in [4.69, 9.17) is 9.47 Å². The average molecular weight is 394 g/mol. The van der Waals surface area contributed by atoms with Crippen LogP contribution in [0.4, 0.5) is 5.69 Å². The predicted molar refractivity (Wildman–Crippen MR) is 108 cm³/mol. The fourth-order valence-corrected chi connectivity index (χ4v) is 3.59. The van der Waals surface area contributed by atoms with Crippen molar-refractivity contribution in [1.82, 2.24) is 14.9 Å². The molecule has 2 N–H and O–H groups in total. The normalized spacial score (nSPS) is 15.6. The third kappa shape index (κ3) is 3.79. The highest BCUT2D eigenvalue weighted by Crippen LogP contribution is 2.28.